The summed E-state index contributed by atoms with van der Waals surface area (Å²) in [6.07, 6.45) is 0. The van der Waals surface area contributed by atoms with Gasteiger partial charge in [-0.3, -0.25) is 0 Å². The maximum absolute atomic E-state index is 5.33. The number of aromatic amines is 2. The Morgan fingerprint density at radius 3 is 1.11 bits per heavy atom. The van der Waals surface area contributed by atoms with E-state index in [4.69, 9.17) is 29.9 Å². The van der Waals surface area contributed by atoms with E-state index in [1.54, 1.807) is 0 Å². The van der Waals surface area contributed by atoms with Gasteiger partial charge in [0, 0.05) is 43.1 Å². The van der Waals surface area contributed by atoms with Crippen molar-refractivity contribution in [1.82, 2.24) is 39.9 Å². The summed E-state index contributed by atoms with van der Waals surface area (Å²) in [4.78, 5) is 38.9. The summed E-state index contributed by atoms with van der Waals surface area (Å²) in [6, 6.07) is 51.0. The summed E-state index contributed by atoms with van der Waals surface area (Å²) >= 11 is 0. The topological polar surface area (TPSA) is 109 Å². The highest BCUT2D eigenvalue weighted by atomic mass is 15.0. The average molecular weight is 715 g/mol. The molecule has 2 N–H and O–H groups in total. The molecule has 0 radical (unpaired) electrons. The summed E-state index contributed by atoms with van der Waals surface area (Å²) in [6.45, 7) is 0. The SMILES string of the molecule is c1cc2ccc3c4nc5nc(nc6[nH]c(nc7nc(nc([nH]4)c3cc-2c1)c1cc2cccc2ccc71)c1ccc2cccc-2cc61)c1cc2cccc2ccc51. The lowest BCUT2D eigenvalue weighted by molar-refractivity contribution is 1.28. The first-order valence-electron chi connectivity index (χ1n) is 18.6. The molecule has 8 heteroatoms. The number of rotatable bonds is 0. The molecule has 8 bridgehead atoms. The molecule has 0 amide bonds. The minimum absolute atomic E-state index is 0.568. The van der Waals surface area contributed by atoms with Gasteiger partial charge in [0.2, 0.25) is 0 Å². The third-order valence-electron chi connectivity index (χ3n) is 11.4. The standard InChI is InChI=1S/C48H26N8/c1-5-25-13-17-33-37(21-29(25)9-1)45-51-41(33)49-42-35-19-15-27-7-3-11-31(27)23-39(35)47(53-42)56-48-40-24-32-12-4-8-28(32)16-20-36(40)44(54-48)50-43-34-18-14-26-6-2-10-30(26)22-38(34)46(52-43)55-45/h1-24H,(H2,49,50,51,52,53,54,55,56). The van der Waals surface area contributed by atoms with E-state index < -0.39 is 0 Å². The van der Waals surface area contributed by atoms with Crippen LogP contribution in [0.15, 0.2) is 146 Å². The van der Waals surface area contributed by atoms with Gasteiger partial charge in [0.05, 0.1) is 0 Å². The Morgan fingerprint density at radius 1 is 0.250 bits per heavy atom. The first-order chi connectivity index (χ1) is 27.7. The Morgan fingerprint density at radius 2 is 0.625 bits per heavy atom. The first-order valence-corrected chi connectivity index (χ1v) is 18.6. The van der Waals surface area contributed by atoms with E-state index in [0.29, 0.717) is 45.2 Å². The maximum atomic E-state index is 5.33. The van der Waals surface area contributed by atoms with Crippen LogP contribution in [0.4, 0.5) is 0 Å². The molecular formula is C48H26N8. The number of hydrogen-bond acceptors (Lipinski definition) is 6. The fourth-order valence-electron chi connectivity index (χ4n) is 8.53. The molecule has 5 heterocycles. The zero-order valence-electron chi connectivity index (χ0n) is 29.5. The summed E-state index contributed by atoms with van der Waals surface area (Å²) in [5, 5.41) is 11.8. The van der Waals surface area contributed by atoms with Crippen LogP contribution in [0.25, 0.3) is 132 Å². The molecular weight excluding hydrogens is 689 g/mol. The van der Waals surface area contributed by atoms with Crippen molar-refractivity contribution in [2.75, 3.05) is 0 Å². The molecule has 4 aliphatic rings. The number of nitrogens with zero attached hydrogens (tertiary/aromatic N) is 6. The summed E-state index contributed by atoms with van der Waals surface area (Å²) in [5.74, 6) is 0. The first kappa shape index (κ1) is 29.6. The number of H-pyrrole nitrogens is 2. The van der Waals surface area contributed by atoms with Gasteiger partial charge in [-0.25, -0.2) is 29.9 Å². The van der Waals surface area contributed by atoms with Gasteiger partial charge in [0.25, 0.3) is 0 Å². The lowest BCUT2D eigenvalue weighted by atomic mass is 10.2. The molecule has 5 aromatic heterocycles. The lowest BCUT2D eigenvalue weighted by Gasteiger charge is -1.89. The Balaban J connectivity index is 1.30. The van der Waals surface area contributed by atoms with Crippen LogP contribution in [0.3, 0.4) is 0 Å². The van der Waals surface area contributed by atoms with E-state index in [-0.39, 0.29) is 0 Å². The predicted molar refractivity (Wildman–Crippen MR) is 228 cm³/mol. The Hall–Kier alpha value is -7.84. The van der Waals surface area contributed by atoms with Gasteiger partial charge in [-0.1, -0.05) is 97.1 Å². The van der Waals surface area contributed by atoms with Crippen molar-refractivity contribution in [2.45, 2.75) is 0 Å². The molecule has 0 spiro atoms. The molecule has 0 atom stereocenters. The molecule has 4 aromatic carbocycles. The highest BCUT2D eigenvalue weighted by Gasteiger charge is 2.15. The van der Waals surface area contributed by atoms with Crippen molar-refractivity contribution in [3.63, 3.8) is 0 Å². The van der Waals surface area contributed by atoms with Crippen LogP contribution in [-0.2, 0) is 0 Å². The van der Waals surface area contributed by atoms with Gasteiger partial charge in [-0.15, -0.1) is 0 Å². The van der Waals surface area contributed by atoms with E-state index in [1.807, 2.05) is 0 Å². The third-order valence-corrected chi connectivity index (χ3v) is 11.4. The molecule has 56 heavy (non-hydrogen) atoms. The summed E-state index contributed by atoms with van der Waals surface area (Å²) in [7, 11) is 0. The van der Waals surface area contributed by atoms with Crippen LogP contribution in [-0.4, -0.2) is 39.9 Å². The second-order valence-electron chi connectivity index (χ2n) is 14.6. The second kappa shape index (κ2) is 10.9. The van der Waals surface area contributed by atoms with Gasteiger partial charge in [0.1, 0.15) is 22.6 Å². The van der Waals surface area contributed by atoms with Crippen LogP contribution in [0, 0.1) is 0 Å². The molecule has 0 saturated carbocycles. The van der Waals surface area contributed by atoms with Crippen molar-refractivity contribution in [3.05, 3.63) is 146 Å². The predicted octanol–water partition coefficient (Wildman–Crippen LogP) is 11.6. The van der Waals surface area contributed by atoms with Crippen LogP contribution in [0.2, 0.25) is 0 Å². The molecule has 0 saturated heterocycles. The van der Waals surface area contributed by atoms with Crippen LogP contribution in [0.5, 0.6) is 0 Å². The molecule has 9 aromatic rings. The summed E-state index contributed by atoms with van der Waals surface area (Å²) in [5.41, 5.74) is 9.39. The van der Waals surface area contributed by atoms with Crippen molar-refractivity contribution in [3.8, 4) is 22.3 Å². The highest BCUT2D eigenvalue weighted by molar-refractivity contribution is 6.13. The van der Waals surface area contributed by atoms with Crippen LogP contribution in [0.1, 0.15) is 0 Å². The van der Waals surface area contributed by atoms with Crippen molar-refractivity contribution >= 4 is 110 Å². The van der Waals surface area contributed by atoms with Crippen molar-refractivity contribution < 1.29 is 0 Å². The zero-order valence-corrected chi connectivity index (χ0v) is 29.5. The fraction of sp³-hybridized carbons (Fsp3) is 0. The maximum Gasteiger partial charge on any atom is 0.164 e. The average Bonchev–Trinajstić information content (AvgIpc) is 4.09. The van der Waals surface area contributed by atoms with Crippen LogP contribution >= 0.6 is 0 Å². The minimum atomic E-state index is 0.568. The quantitative estimate of drug-likeness (QED) is 0.162. The van der Waals surface area contributed by atoms with E-state index >= 15 is 0 Å². The normalized spacial score (nSPS) is 12.3. The fourth-order valence-corrected chi connectivity index (χ4v) is 8.53. The number of aromatic nitrogens is 8. The monoisotopic (exact) mass is 714 g/mol. The van der Waals surface area contributed by atoms with Crippen molar-refractivity contribution in [1.29, 1.82) is 0 Å². The van der Waals surface area contributed by atoms with Gasteiger partial charge in [0.15, 0.2) is 22.6 Å². The molecule has 8 nitrogen and oxygen atoms in total. The second-order valence-corrected chi connectivity index (χ2v) is 14.6. The Labute approximate surface area is 316 Å². The van der Waals surface area contributed by atoms with E-state index in [9.17, 15) is 0 Å². The molecule has 13 rings (SSSR count). The number of nitrogens with one attached hydrogen (secondary N) is 2. The smallest absolute Gasteiger partial charge is 0.164 e. The third kappa shape index (κ3) is 4.29. The number of fused-ring (bicyclic) bond motifs is 24. The zero-order chi connectivity index (χ0) is 36.5. The Bertz CT molecular complexity index is 3590. The Kier molecular flexibility index (Phi) is 5.74. The van der Waals surface area contributed by atoms with Gasteiger partial charge >= 0.3 is 0 Å². The van der Waals surface area contributed by atoms with Gasteiger partial charge in [-0.05, 0) is 92.3 Å². The lowest BCUT2D eigenvalue weighted by Crippen LogP contribution is -1.79. The molecule has 4 aliphatic carbocycles. The van der Waals surface area contributed by atoms with Crippen LogP contribution < -0.4 is 0 Å². The summed E-state index contributed by atoms with van der Waals surface area (Å²) < 4.78 is 0. The highest BCUT2D eigenvalue weighted by Crippen LogP contribution is 2.34. The van der Waals surface area contributed by atoms with E-state index in [2.05, 4.69) is 156 Å². The van der Waals surface area contributed by atoms with E-state index in [0.717, 1.165) is 86.9 Å². The largest absolute Gasteiger partial charge is 0.324 e. The minimum Gasteiger partial charge on any atom is -0.324 e. The van der Waals surface area contributed by atoms with Crippen molar-refractivity contribution in [2.24, 2.45) is 0 Å². The molecule has 0 aliphatic heterocycles. The van der Waals surface area contributed by atoms with Gasteiger partial charge in [-0.2, -0.15) is 0 Å². The van der Waals surface area contributed by atoms with Gasteiger partial charge < -0.3 is 9.97 Å². The molecule has 258 valence electrons. The molecule has 0 fully saturated rings. The molecule has 0 unspecified atom stereocenters. The van der Waals surface area contributed by atoms with E-state index in [1.165, 1.54) is 0 Å². The number of hydrogen-bond donors (Lipinski definition) is 2.